The van der Waals surface area contributed by atoms with Gasteiger partial charge in [0.25, 0.3) is 10.0 Å². The molecular formula is C16H22N2O3S2. The first kappa shape index (κ1) is 15.6. The number of thiophene rings is 1. The molecule has 7 heteroatoms. The minimum absolute atomic E-state index is 0.118. The van der Waals surface area contributed by atoms with Crippen molar-refractivity contribution in [2.75, 3.05) is 0 Å². The molecule has 2 N–H and O–H groups in total. The van der Waals surface area contributed by atoms with E-state index in [9.17, 15) is 13.2 Å². The van der Waals surface area contributed by atoms with Gasteiger partial charge in [0.05, 0.1) is 0 Å². The fraction of sp³-hybridized carbons (Fsp3) is 0.688. The predicted octanol–water partition coefficient (Wildman–Crippen LogP) is 2.66. The number of rotatable bonds is 5. The van der Waals surface area contributed by atoms with Crippen molar-refractivity contribution < 1.29 is 13.2 Å². The molecular weight excluding hydrogens is 332 g/mol. The quantitative estimate of drug-likeness (QED) is 0.798. The van der Waals surface area contributed by atoms with Crippen molar-refractivity contribution in [2.24, 2.45) is 23.2 Å². The number of hydrazine groups is 1. The molecule has 1 aromatic rings. The van der Waals surface area contributed by atoms with Crippen molar-refractivity contribution in [3.8, 4) is 0 Å². The Morgan fingerprint density at radius 1 is 1.17 bits per heavy atom. The molecule has 23 heavy (non-hydrogen) atoms. The van der Waals surface area contributed by atoms with Gasteiger partial charge in [0, 0.05) is 6.42 Å². The van der Waals surface area contributed by atoms with Gasteiger partial charge >= 0.3 is 0 Å². The Morgan fingerprint density at radius 3 is 2.30 bits per heavy atom. The van der Waals surface area contributed by atoms with E-state index in [-0.39, 0.29) is 15.5 Å². The Morgan fingerprint density at radius 2 is 1.78 bits per heavy atom. The lowest BCUT2D eigenvalue weighted by molar-refractivity contribution is -0.129. The van der Waals surface area contributed by atoms with Gasteiger partial charge in [-0.2, -0.15) is 0 Å². The lowest BCUT2D eigenvalue weighted by Gasteiger charge is -2.56. The van der Waals surface area contributed by atoms with E-state index in [2.05, 4.69) is 10.3 Å². The van der Waals surface area contributed by atoms with Crippen LogP contribution in [0.3, 0.4) is 0 Å². The number of carbonyl (C=O) groups excluding carboxylic acids is 1. The highest BCUT2D eigenvalue weighted by Gasteiger charge is 2.51. The van der Waals surface area contributed by atoms with Crippen molar-refractivity contribution >= 4 is 27.3 Å². The summed E-state index contributed by atoms with van der Waals surface area (Å²) in [7, 11) is -3.64. The predicted molar refractivity (Wildman–Crippen MR) is 88.0 cm³/mol. The lowest BCUT2D eigenvalue weighted by Crippen LogP contribution is -2.49. The highest BCUT2D eigenvalue weighted by atomic mass is 32.2. The first-order valence-electron chi connectivity index (χ1n) is 8.28. The van der Waals surface area contributed by atoms with Gasteiger partial charge in [-0.25, -0.2) is 8.42 Å². The molecule has 4 fully saturated rings. The molecule has 4 bridgehead atoms. The van der Waals surface area contributed by atoms with Gasteiger partial charge < -0.3 is 0 Å². The van der Waals surface area contributed by atoms with E-state index >= 15 is 0 Å². The molecule has 4 aliphatic carbocycles. The van der Waals surface area contributed by atoms with Crippen molar-refractivity contribution in [3.05, 3.63) is 17.5 Å². The highest BCUT2D eigenvalue weighted by molar-refractivity contribution is 7.91. The number of amides is 1. The van der Waals surface area contributed by atoms with Gasteiger partial charge in [-0.3, -0.25) is 10.2 Å². The van der Waals surface area contributed by atoms with Gasteiger partial charge in [-0.15, -0.1) is 16.2 Å². The third kappa shape index (κ3) is 3.06. The summed E-state index contributed by atoms with van der Waals surface area (Å²) in [6.45, 7) is 0. The van der Waals surface area contributed by atoms with E-state index in [0.29, 0.717) is 6.42 Å². The third-order valence-corrected chi connectivity index (χ3v) is 8.43. The second kappa shape index (κ2) is 5.57. The fourth-order valence-electron chi connectivity index (χ4n) is 5.48. The molecule has 0 saturated heterocycles. The van der Waals surface area contributed by atoms with Crippen LogP contribution in [0.5, 0.6) is 0 Å². The Kier molecular flexibility index (Phi) is 3.77. The molecule has 1 aromatic heterocycles. The largest absolute Gasteiger partial charge is 0.278 e. The molecule has 1 amide bonds. The average Bonchev–Trinajstić information content (AvgIpc) is 2.98. The summed E-state index contributed by atoms with van der Waals surface area (Å²) in [5.74, 6) is 2.16. The van der Waals surface area contributed by atoms with Crippen molar-refractivity contribution in [2.45, 2.75) is 49.2 Å². The molecule has 0 unspecified atom stereocenters. The molecule has 0 aromatic carbocycles. The summed E-state index contributed by atoms with van der Waals surface area (Å²) >= 11 is 1.13. The van der Waals surface area contributed by atoms with E-state index in [0.717, 1.165) is 48.4 Å². The van der Waals surface area contributed by atoms with Gasteiger partial charge in [-0.1, -0.05) is 6.07 Å². The number of hydrogen-bond acceptors (Lipinski definition) is 4. The molecule has 4 aliphatic rings. The van der Waals surface area contributed by atoms with E-state index in [1.54, 1.807) is 11.4 Å². The van der Waals surface area contributed by atoms with Crippen LogP contribution in [0, 0.1) is 23.2 Å². The standard InChI is InChI=1S/C16H22N2O3S2/c19-14(17-18-23(20,21)15-2-1-3-22-15)10-16-7-11-4-12(8-16)6-13(5-11)9-16/h1-3,11-13,18H,4-10H2,(H,17,19). The maximum absolute atomic E-state index is 12.3. The number of hydrogen-bond donors (Lipinski definition) is 2. The topological polar surface area (TPSA) is 75.3 Å². The molecule has 126 valence electrons. The monoisotopic (exact) mass is 354 g/mol. The second-order valence-electron chi connectivity index (χ2n) is 7.68. The normalized spacial score (nSPS) is 35.4. The maximum Gasteiger partial charge on any atom is 0.266 e. The second-order valence-corrected chi connectivity index (χ2v) is 10.5. The Balaban J connectivity index is 1.37. The van der Waals surface area contributed by atoms with Crippen LogP contribution in [0.1, 0.15) is 44.9 Å². The molecule has 5 nitrogen and oxygen atoms in total. The first-order chi connectivity index (χ1) is 10.9. The number of sulfonamides is 1. The van der Waals surface area contributed by atoms with Crippen molar-refractivity contribution in [1.82, 2.24) is 10.3 Å². The van der Waals surface area contributed by atoms with E-state index in [1.165, 1.54) is 25.3 Å². The number of nitrogens with one attached hydrogen (secondary N) is 2. The summed E-state index contributed by atoms with van der Waals surface area (Å²) in [5, 5.41) is 1.70. The van der Waals surface area contributed by atoms with Crippen LogP contribution in [0.4, 0.5) is 0 Å². The zero-order valence-electron chi connectivity index (χ0n) is 13.0. The molecule has 0 aliphatic heterocycles. The molecule has 0 spiro atoms. The first-order valence-corrected chi connectivity index (χ1v) is 10.6. The maximum atomic E-state index is 12.3. The summed E-state index contributed by atoms with van der Waals surface area (Å²) in [6, 6.07) is 3.20. The summed E-state index contributed by atoms with van der Waals surface area (Å²) in [5.41, 5.74) is 2.53. The van der Waals surface area contributed by atoms with Crippen LogP contribution in [0.2, 0.25) is 0 Å². The summed E-state index contributed by atoms with van der Waals surface area (Å²) in [6.07, 6.45) is 7.89. The average molecular weight is 354 g/mol. The SMILES string of the molecule is O=C(CC12CC3CC(CC(C3)C1)C2)NNS(=O)(=O)c1cccs1. The smallest absolute Gasteiger partial charge is 0.266 e. The van der Waals surface area contributed by atoms with Crippen LogP contribution >= 0.6 is 11.3 Å². The lowest BCUT2D eigenvalue weighted by atomic mass is 9.49. The summed E-state index contributed by atoms with van der Waals surface area (Å²) < 4.78 is 24.3. The van der Waals surface area contributed by atoms with Crippen LogP contribution in [0.25, 0.3) is 0 Å². The molecule has 1 heterocycles. The van der Waals surface area contributed by atoms with Crippen LogP contribution in [-0.2, 0) is 14.8 Å². The molecule has 0 atom stereocenters. The van der Waals surface area contributed by atoms with Crippen molar-refractivity contribution in [1.29, 1.82) is 0 Å². The van der Waals surface area contributed by atoms with Crippen LogP contribution < -0.4 is 10.3 Å². The zero-order valence-corrected chi connectivity index (χ0v) is 14.6. The number of carbonyl (C=O) groups is 1. The van der Waals surface area contributed by atoms with E-state index in [4.69, 9.17) is 0 Å². The van der Waals surface area contributed by atoms with Gasteiger partial charge in [0.2, 0.25) is 5.91 Å². The molecule has 5 rings (SSSR count). The molecule has 4 saturated carbocycles. The van der Waals surface area contributed by atoms with E-state index in [1.807, 2.05) is 0 Å². The minimum Gasteiger partial charge on any atom is -0.278 e. The van der Waals surface area contributed by atoms with E-state index < -0.39 is 10.0 Å². The van der Waals surface area contributed by atoms with Gasteiger partial charge in [0.15, 0.2) is 0 Å². The zero-order chi connectivity index (χ0) is 16.1. The third-order valence-electron chi connectivity index (χ3n) is 5.79. The summed E-state index contributed by atoms with van der Waals surface area (Å²) in [4.78, 5) is 14.5. The Labute approximate surface area is 140 Å². The minimum atomic E-state index is -3.64. The van der Waals surface area contributed by atoms with Crippen molar-refractivity contribution in [3.63, 3.8) is 0 Å². The molecule has 0 radical (unpaired) electrons. The fourth-order valence-corrected chi connectivity index (χ4v) is 7.34. The van der Waals surface area contributed by atoms with Gasteiger partial charge in [0.1, 0.15) is 4.21 Å². The highest BCUT2D eigenvalue weighted by Crippen LogP contribution is 2.61. The Bertz CT molecular complexity index is 662. The van der Waals surface area contributed by atoms with Gasteiger partial charge in [-0.05, 0) is 73.1 Å². The van der Waals surface area contributed by atoms with Crippen LogP contribution in [0.15, 0.2) is 21.7 Å². The Hall–Kier alpha value is -0.920. The van der Waals surface area contributed by atoms with Crippen LogP contribution in [-0.4, -0.2) is 14.3 Å².